The van der Waals surface area contributed by atoms with Crippen LogP contribution in [0.5, 0.6) is 0 Å². The molecule has 338 valence electrons. The lowest BCUT2D eigenvalue weighted by molar-refractivity contribution is -0.166. The molecule has 0 bridgehead atoms. The Hall–Kier alpha value is -3.93. The second-order valence-corrected chi connectivity index (χ2v) is 15.3. The smallest absolute Gasteiger partial charge is 0.306 e. The second-order valence-electron chi connectivity index (χ2n) is 15.3. The summed E-state index contributed by atoms with van der Waals surface area (Å²) >= 11 is 0. The highest BCUT2D eigenvalue weighted by atomic mass is 16.6. The lowest BCUT2D eigenvalue weighted by atomic mass is 10.1. The van der Waals surface area contributed by atoms with Crippen molar-refractivity contribution in [1.29, 1.82) is 0 Å². The third-order valence-electron chi connectivity index (χ3n) is 9.51. The van der Waals surface area contributed by atoms with Gasteiger partial charge in [0.05, 0.1) is 0 Å². The van der Waals surface area contributed by atoms with E-state index in [2.05, 4.69) is 112 Å². The van der Waals surface area contributed by atoms with Crippen molar-refractivity contribution in [3.63, 3.8) is 0 Å². The predicted molar refractivity (Wildman–Crippen MR) is 256 cm³/mol. The molecule has 1 atom stereocenters. The molecule has 0 heterocycles. The summed E-state index contributed by atoms with van der Waals surface area (Å²) in [5.74, 6) is -1.11. The third kappa shape index (κ3) is 45.2. The minimum absolute atomic E-state index is 0.132. The fourth-order valence-corrected chi connectivity index (χ4v) is 5.91. The quantitative estimate of drug-likeness (QED) is 0.0264. The molecular weight excluding hydrogens is 745 g/mol. The summed E-state index contributed by atoms with van der Waals surface area (Å²) in [4.78, 5) is 37.7. The fraction of sp³-hybridized carbons (Fsp3) is 0.611. The molecule has 0 saturated carbocycles. The lowest BCUT2D eigenvalue weighted by Gasteiger charge is -2.18. The van der Waals surface area contributed by atoms with Crippen LogP contribution in [0.1, 0.15) is 194 Å². The van der Waals surface area contributed by atoms with Crippen LogP contribution in [0.3, 0.4) is 0 Å². The summed E-state index contributed by atoms with van der Waals surface area (Å²) in [5.41, 5.74) is 0. The summed E-state index contributed by atoms with van der Waals surface area (Å²) in [6, 6.07) is 0. The SMILES string of the molecule is CC/C=C\C/C=C\C/C=C\C/C=C\C/C=C\C/C=C\CCC(=O)OCC(COC(=O)CCCCCC/C=C\CCCC)OC(=O)CC/C=C\C/C=C\CCCCCCCC. The molecule has 6 heteroatoms. The van der Waals surface area contributed by atoms with Gasteiger partial charge in [-0.15, -0.1) is 0 Å². The number of unbranched alkanes of at least 4 members (excludes halogenated alkanes) is 12. The number of hydrogen-bond donors (Lipinski definition) is 0. The largest absolute Gasteiger partial charge is 0.462 e. The third-order valence-corrected chi connectivity index (χ3v) is 9.51. The Morgan fingerprint density at radius 1 is 0.350 bits per heavy atom. The number of allylic oxidation sites excluding steroid dienone is 18. The molecule has 1 unspecified atom stereocenters. The average Bonchev–Trinajstić information content (AvgIpc) is 3.24. The van der Waals surface area contributed by atoms with Gasteiger partial charge in [0, 0.05) is 19.3 Å². The van der Waals surface area contributed by atoms with E-state index in [-0.39, 0.29) is 38.0 Å². The zero-order valence-electron chi connectivity index (χ0n) is 38.4. The highest BCUT2D eigenvalue weighted by molar-refractivity contribution is 5.71. The number of rotatable bonds is 41. The number of carbonyl (C=O) groups excluding carboxylic acids is 3. The summed E-state index contributed by atoms with van der Waals surface area (Å²) in [6.45, 7) is 6.31. The first kappa shape index (κ1) is 56.1. The molecule has 0 spiro atoms. The molecule has 0 rings (SSSR count). The van der Waals surface area contributed by atoms with E-state index in [0.29, 0.717) is 19.3 Å². The van der Waals surface area contributed by atoms with E-state index in [0.717, 1.165) is 89.9 Å². The molecule has 60 heavy (non-hydrogen) atoms. The van der Waals surface area contributed by atoms with Crippen molar-refractivity contribution < 1.29 is 28.6 Å². The van der Waals surface area contributed by atoms with Crippen molar-refractivity contribution in [1.82, 2.24) is 0 Å². The van der Waals surface area contributed by atoms with Gasteiger partial charge >= 0.3 is 17.9 Å². The van der Waals surface area contributed by atoms with Gasteiger partial charge in [0.15, 0.2) is 6.10 Å². The van der Waals surface area contributed by atoms with Crippen molar-refractivity contribution in [3.8, 4) is 0 Å². The summed E-state index contributed by atoms with van der Waals surface area (Å²) < 4.78 is 16.6. The molecule has 0 amide bonds. The first-order valence-corrected chi connectivity index (χ1v) is 23.9. The highest BCUT2D eigenvalue weighted by Gasteiger charge is 2.19. The molecular formula is C54H86O6. The Labute approximate surface area is 368 Å². The van der Waals surface area contributed by atoms with Crippen LogP contribution >= 0.6 is 0 Å². The Kier molecular flexibility index (Phi) is 44.6. The van der Waals surface area contributed by atoms with Crippen molar-refractivity contribution >= 4 is 17.9 Å². The van der Waals surface area contributed by atoms with Gasteiger partial charge in [-0.3, -0.25) is 14.4 Å². The van der Waals surface area contributed by atoms with Gasteiger partial charge in [-0.2, -0.15) is 0 Å². The number of ether oxygens (including phenoxy) is 3. The molecule has 0 aromatic rings. The zero-order chi connectivity index (χ0) is 43.7. The first-order valence-electron chi connectivity index (χ1n) is 23.9. The molecule has 0 saturated heterocycles. The van der Waals surface area contributed by atoms with Crippen LogP contribution in [0.25, 0.3) is 0 Å². The zero-order valence-corrected chi connectivity index (χ0v) is 38.4. The maximum Gasteiger partial charge on any atom is 0.306 e. The van der Waals surface area contributed by atoms with Crippen molar-refractivity contribution in [2.75, 3.05) is 13.2 Å². The van der Waals surface area contributed by atoms with E-state index in [1.807, 2.05) is 18.2 Å². The number of esters is 3. The normalized spacial score (nSPS) is 13.1. The van der Waals surface area contributed by atoms with Crippen LogP contribution in [0.2, 0.25) is 0 Å². The van der Waals surface area contributed by atoms with E-state index in [1.165, 1.54) is 51.4 Å². The van der Waals surface area contributed by atoms with E-state index in [4.69, 9.17) is 14.2 Å². The summed E-state index contributed by atoms with van der Waals surface area (Å²) in [6.07, 6.45) is 63.9. The molecule has 0 aromatic heterocycles. The minimum atomic E-state index is -0.843. The molecule has 0 aliphatic rings. The first-order chi connectivity index (χ1) is 29.5. The van der Waals surface area contributed by atoms with Gasteiger partial charge in [0.25, 0.3) is 0 Å². The molecule has 0 aliphatic carbocycles. The maximum atomic E-state index is 12.7. The molecule has 0 aliphatic heterocycles. The maximum absolute atomic E-state index is 12.7. The monoisotopic (exact) mass is 831 g/mol. The van der Waals surface area contributed by atoms with Crippen LogP contribution < -0.4 is 0 Å². The van der Waals surface area contributed by atoms with E-state index in [9.17, 15) is 14.4 Å². The Morgan fingerprint density at radius 2 is 0.700 bits per heavy atom. The average molecular weight is 831 g/mol. The predicted octanol–water partition coefficient (Wildman–Crippen LogP) is 15.6. The Balaban J connectivity index is 4.57. The highest BCUT2D eigenvalue weighted by Crippen LogP contribution is 2.10. The van der Waals surface area contributed by atoms with Crippen LogP contribution in [-0.2, 0) is 28.6 Å². The van der Waals surface area contributed by atoms with Crippen molar-refractivity contribution in [3.05, 3.63) is 109 Å². The van der Waals surface area contributed by atoms with E-state index in [1.54, 1.807) is 0 Å². The van der Waals surface area contributed by atoms with E-state index >= 15 is 0 Å². The summed E-state index contributed by atoms with van der Waals surface area (Å²) in [5, 5.41) is 0. The van der Waals surface area contributed by atoms with Crippen LogP contribution in [0.4, 0.5) is 0 Å². The Bertz CT molecular complexity index is 1280. The van der Waals surface area contributed by atoms with Crippen LogP contribution in [-0.4, -0.2) is 37.2 Å². The minimum Gasteiger partial charge on any atom is -0.462 e. The fourth-order valence-electron chi connectivity index (χ4n) is 5.91. The van der Waals surface area contributed by atoms with Gasteiger partial charge in [-0.1, -0.05) is 188 Å². The standard InChI is InChI=1S/C54H86O6/c1-4-7-10-13-16-19-22-24-25-26-27-28-29-31-32-35-38-41-44-47-53(56)59-50-51(49-58-52(55)46-43-40-37-34-21-18-15-12-9-6-3)60-54(57)48-45-42-39-36-33-30-23-20-17-14-11-8-5-2/h7,10,15-16,18-19,24-25,27-28,30-33,38-39,41-42,51H,4-6,8-9,11-14,17,20-23,26,29,34-37,40,43-50H2,1-3H3/b10-7-,18-15-,19-16-,25-24-,28-27-,32-31-,33-30-,41-38-,42-39-. The molecule has 0 fully saturated rings. The van der Waals surface area contributed by atoms with Crippen LogP contribution in [0.15, 0.2) is 109 Å². The number of carbonyl (C=O) groups is 3. The molecule has 6 nitrogen and oxygen atoms in total. The van der Waals surface area contributed by atoms with Gasteiger partial charge in [-0.05, 0) is 96.3 Å². The van der Waals surface area contributed by atoms with Crippen LogP contribution in [0, 0.1) is 0 Å². The van der Waals surface area contributed by atoms with Crippen molar-refractivity contribution in [2.24, 2.45) is 0 Å². The molecule has 0 radical (unpaired) electrons. The van der Waals surface area contributed by atoms with Crippen molar-refractivity contribution in [2.45, 2.75) is 200 Å². The van der Waals surface area contributed by atoms with Gasteiger partial charge in [-0.25, -0.2) is 0 Å². The summed E-state index contributed by atoms with van der Waals surface area (Å²) in [7, 11) is 0. The van der Waals surface area contributed by atoms with Gasteiger partial charge < -0.3 is 14.2 Å². The topological polar surface area (TPSA) is 78.9 Å². The Morgan fingerprint density at radius 3 is 1.18 bits per heavy atom. The molecule has 0 N–H and O–H groups in total. The van der Waals surface area contributed by atoms with Gasteiger partial charge in [0.2, 0.25) is 0 Å². The van der Waals surface area contributed by atoms with Gasteiger partial charge in [0.1, 0.15) is 13.2 Å². The number of hydrogen-bond acceptors (Lipinski definition) is 6. The lowest BCUT2D eigenvalue weighted by Crippen LogP contribution is -2.30. The van der Waals surface area contributed by atoms with E-state index < -0.39 is 12.1 Å². The second kappa shape index (κ2) is 47.7. The molecule has 0 aromatic carbocycles.